The van der Waals surface area contributed by atoms with E-state index in [1.54, 1.807) is 18.0 Å². The van der Waals surface area contributed by atoms with Crippen LogP contribution >= 0.6 is 0 Å². The number of amides is 1. The molecule has 0 bridgehead atoms. The van der Waals surface area contributed by atoms with Gasteiger partial charge in [-0.15, -0.1) is 10.2 Å². The van der Waals surface area contributed by atoms with Gasteiger partial charge < -0.3 is 19.3 Å². The molecule has 2 aliphatic rings. The van der Waals surface area contributed by atoms with Crippen molar-refractivity contribution in [3.8, 4) is 0 Å². The minimum absolute atomic E-state index is 0.0761. The quantitative estimate of drug-likeness (QED) is 0.816. The maximum absolute atomic E-state index is 12.3. The van der Waals surface area contributed by atoms with Gasteiger partial charge in [-0.05, 0) is 18.6 Å². The average Bonchev–Trinajstić information content (AvgIpc) is 3.08. The van der Waals surface area contributed by atoms with Gasteiger partial charge in [-0.3, -0.25) is 4.79 Å². The number of unbranched alkanes of at least 4 members (excludes halogenated alkanes) is 1. The van der Waals surface area contributed by atoms with Gasteiger partial charge in [-0.2, -0.15) is 0 Å². The van der Waals surface area contributed by atoms with Gasteiger partial charge in [0.05, 0.1) is 13.2 Å². The van der Waals surface area contributed by atoms with E-state index in [2.05, 4.69) is 22.0 Å². The molecule has 0 aliphatic carbocycles. The number of hydrogen-bond acceptors (Lipinski definition) is 6. The largest absolute Gasteiger partial charge is 0.355 e. The first-order chi connectivity index (χ1) is 11.6. The molecular weight excluding hydrogens is 308 g/mol. The summed E-state index contributed by atoms with van der Waals surface area (Å²) in [7, 11) is 1.80. The van der Waals surface area contributed by atoms with Crippen LogP contribution < -0.4 is 4.90 Å². The summed E-state index contributed by atoms with van der Waals surface area (Å²) < 4.78 is 11.5. The van der Waals surface area contributed by atoms with Crippen LogP contribution in [0.2, 0.25) is 0 Å². The lowest BCUT2D eigenvalue weighted by molar-refractivity contribution is -0.169. The van der Waals surface area contributed by atoms with Crippen molar-refractivity contribution >= 4 is 11.7 Å². The molecule has 1 amide bonds. The second kappa shape index (κ2) is 7.44. The Balaban J connectivity index is 1.58. The minimum Gasteiger partial charge on any atom is -0.355 e. The van der Waals surface area contributed by atoms with Crippen molar-refractivity contribution < 1.29 is 14.3 Å². The summed E-state index contributed by atoms with van der Waals surface area (Å²) in [5.41, 5.74) is 0.397. The molecule has 0 saturated carbocycles. The molecule has 1 aromatic heterocycles. The van der Waals surface area contributed by atoms with E-state index in [1.165, 1.54) is 0 Å². The summed E-state index contributed by atoms with van der Waals surface area (Å²) in [6.45, 7) is 5.85. The van der Waals surface area contributed by atoms with Crippen LogP contribution in [0.25, 0.3) is 0 Å². The van der Waals surface area contributed by atoms with Gasteiger partial charge in [0.25, 0.3) is 5.91 Å². The van der Waals surface area contributed by atoms with Crippen LogP contribution in [0.5, 0.6) is 0 Å². The van der Waals surface area contributed by atoms with Crippen molar-refractivity contribution in [2.75, 3.05) is 44.8 Å². The summed E-state index contributed by atoms with van der Waals surface area (Å²) in [6, 6.07) is 3.64. The highest BCUT2D eigenvalue weighted by Gasteiger charge is 2.40. The fraction of sp³-hybridized carbons (Fsp3) is 0.706. The van der Waals surface area contributed by atoms with Crippen molar-refractivity contribution in [3.63, 3.8) is 0 Å². The van der Waals surface area contributed by atoms with E-state index >= 15 is 0 Å². The predicted octanol–water partition coefficient (Wildman–Crippen LogP) is 1.69. The molecule has 0 aromatic carbocycles. The van der Waals surface area contributed by atoms with Crippen LogP contribution in [-0.2, 0) is 9.47 Å². The molecule has 0 atom stereocenters. The number of nitrogens with zero attached hydrogens (tertiary/aromatic N) is 4. The summed E-state index contributed by atoms with van der Waals surface area (Å²) in [4.78, 5) is 16.2. The fourth-order valence-corrected chi connectivity index (χ4v) is 3.16. The second-order valence-electron chi connectivity index (χ2n) is 6.45. The Morgan fingerprint density at radius 1 is 1.25 bits per heavy atom. The minimum atomic E-state index is -0.387. The summed E-state index contributed by atoms with van der Waals surface area (Å²) in [5, 5.41) is 8.37. The van der Waals surface area contributed by atoms with Gasteiger partial charge in [0.15, 0.2) is 17.3 Å². The standard InChI is InChI=1S/C17H26N4O3/c1-3-4-9-20(2)16(22)14-5-6-15(19-18-14)21-10-7-17(8-11-21)23-12-13-24-17/h5-6H,3-4,7-13H2,1-2H3. The maximum Gasteiger partial charge on any atom is 0.274 e. The Kier molecular flexibility index (Phi) is 5.30. The Bertz CT molecular complexity index is 547. The third kappa shape index (κ3) is 3.67. The van der Waals surface area contributed by atoms with Crippen LogP contribution in [0.15, 0.2) is 12.1 Å². The maximum atomic E-state index is 12.3. The van der Waals surface area contributed by atoms with Gasteiger partial charge in [-0.1, -0.05) is 13.3 Å². The topological polar surface area (TPSA) is 67.8 Å². The molecule has 2 fully saturated rings. The van der Waals surface area contributed by atoms with E-state index in [-0.39, 0.29) is 11.7 Å². The average molecular weight is 334 g/mol. The normalized spacial score (nSPS) is 19.7. The summed E-state index contributed by atoms with van der Waals surface area (Å²) in [6.07, 6.45) is 3.71. The van der Waals surface area contributed by atoms with Crippen LogP contribution in [0.1, 0.15) is 43.1 Å². The summed E-state index contributed by atoms with van der Waals surface area (Å²) in [5.74, 6) is 0.338. The number of rotatable bonds is 5. The molecule has 2 aliphatic heterocycles. The predicted molar refractivity (Wildman–Crippen MR) is 90.0 cm³/mol. The molecule has 3 heterocycles. The van der Waals surface area contributed by atoms with E-state index in [9.17, 15) is 4.79 Å². The highest BCUT2D eigenvalue weighted by atomic mass is 16.7. The van der Waals surface area contributed by atoms with Crippen LogP contribution in [0.3, 0.4) is 0 Å². The first-order valence-electron chi connectivity index (χ1n) is 8.75. The third-order valence-corrected chi connectivity index (χ3v) is 4.73. The molecule has 0 N–H and O–H groups in total. The Morgan fingerprint density at radius 2 is 1.96 bits per heavy atom. The molecule has 1 spiro atoms. The molecule has 0 radical (unpaired) electrons. The fourth-order valence-electron chi connectivity index (χ4n) is 3.16. The lowest BCUT2D eigenvalue weighted by Crippen LogP contribution is -2.45. The lowest BCUT2D eigenvalue weighted by Gasteiger charge is -2.37. The van der Waals surface area contributed by atoms with E-state index in [1.807, 2.05) is 6.07 Å². The Morgan fingerprint density at radius 3 is 2.54 bits per heavy atom. The lowest BCUT2D eigenvalue weighted by atomic mass is 10.0. The highest BCUT2D eigenvalue weighted by molar-refractivity contribution is 5.92. The van der Waals surface area contributed by atoms with E-state index < -0.39 is 0 Å². The first-order valence-corrected chi connectivity index (χ1v) is 8.75. The molecule has 132 valence electrons. The second-order valence-corrected chi connectivity index (χ2v) is 6.45. The number of hydrogen-bond donors (Lipinski definition) is 0. The van der Waals surface area contributed by atoms with Crippen molar-refractivity contribution in [3.05, 3.63) is 17.8 Å². The molecule has 7 nitrogen and oxygen atoms in total. The van der Waals surface area contributed by atoms with Gasteiger partial charge in [0.1, 0.15) is 0 Å². The number of piperidine rings is 1. The SMILES string of the molecule is CCCCN(C)C(=O)c1ccc(N2CCC3(CC2)OCCO3)nn1. The number of ether oxygens (including phenoxy) is 2. The zero-order valence-electron chi connectivity index (χ0n) is 14.5. The van der Waals surface area contributed by atoms with Gasteiger partial charge in [-0.25, -0.2) is 0 Å². The number of aromatic nitrogens is 2. The number of carbonyl (C=O) groups is 1. The molecule has 24 heavy (non-hydrogen) atoms. The highest BCUT2D eigenvalue weighted by Crippen LogP contribution is 2.32. The van der Waals surface area contributed by atoms with Crippen molar-refractivity contribution in [1.29, 1.82) is 0 Å². The molecule has 0 unspecified atom stereocenters. The molecule has 1 aromatic rings. The number of carbonyl (C=O) groups excluding carboxylic acids is 1. The van der Waals surface area contributed by atoms with Gasteiger partial charge in [0.2, 0.25) is 0 Å². The molecule has 3 rings (SSSR count). The van der Waals surface area contributed by atoms with E-state index in [0.29, 0.717) is 18.9 Å². The van der Waals surface area contributed by atoms with Crippen LogP contribution in [0.4, 0.5) is 5.82 Å². The first kappa shape index (κ1) is 17.1. The summed E-state index contributed by atoms with van der Waals surface area (Å²) >= 11 is 0. The van der Waals surface area contributed by atoms with Gasteiger partial charge >= 0.3 is 0 Å². The monoisotopic (exact) mass is 334 g/mol. The van der Waals surface area contributed by atoms with Gasteiger partial charge in [0, 0.05) is 39.5 Å². The van der Waals surface area contributed by atoms with Crippen molar-refractivity contribution in [2.24, 2.45) is 0 Å². The van der Waals surface area contributed by atoms with Crippen LogP contribution in [-0.4, -0.2) is 66.7 Å². The van der Waals surface area contributed by atoms with Crippen molar-refractivity contribution in [1.82, 2.24) is 15.1 Å². The molecule has 2 saturated heterocycles. The Labute approximate surface area is 142 Å². The number of anilines is 1. The van der Waals surface area contributed by atoms with E-state index in [4.69, 9.17) is 9.47 Å². The molecule has 7 heteroatoms. The Hall–Kier alpha value is -1.73. The zero-order chi connectivity index (χ0) is 17.0. The zero-order valence-corrected chi connectivity index (χ0v) is 14.5. The molecular formula is C17H26N4O3. The van der Waals surface area contributed by atoms with Crippen molar-refractivity contribution in [2.45, 2.75) is 38.4 Å². The van der Waals surface area contributed by atoms with Crippen LogP contribution in [0, 0.1) is 0 Å². The third-order valence-electron chi connectivity index (χ3n) is 4.73. The van der Waals surface area contributed by atoms with E-state index in [0.717, 1.165) is 51.1 Å². The smallest absolute Gasteiger partial charge is 0.274 e.